The van der Waals surface area contributed by atoms with Crippen LogP contribution < -0.4 is 15.3 Å². The largest absolute Gasteiger partial charge is 0.471 e. The van der Waals surface area contributed by atoms with Gasteiger partial charge in [-0.3, -0.25) is 0 Å². The summed E-state index contributed by atoms with van der Waals surface area (Å²) in [6.07, 6.45) is 0.735. The van der Waals surface area contributed by atoms with Crippen molar-refractivity contribution in [2.24, 2.45) is 0 Å². The van der Waals surface area contributed by atoms with Crippen LogP contribution in [0.2, 0.25) is 5.02 Å². The number of fused-ring (bicyclic) bond motifs is 3. The highest BCUT2D eigenvalue weighted by Crippen LogP contribution is 2.40. The van der Waals surface area contributed by atoms with Crippen molar-refractivity contribution in [3.05, 3.63) is 68.0 Å². The Morgan fingerprint density at radius 1 is 1.19 bits per heavy atom. The molecule has 4 nitrogen and oxygen atoms in total. The third-order valence-electron chi connectivity index (χ3n) is 4.91. The molecule has 0 bridgehead atoms. The van der Waals surface area contributed by atoms with Crippen LogP contribution in [0, 0.1) is 13.8 Å². The highest BCUT2D eigenvalue weighted by atomic mass is 35.5. The van der Waals surface area contributed by atoms with Crippen LogP contribution in [0.25, 0.3) is 11.0 Å². The lowest BCUT2D eigenvalue weighted by Gasteiger charge is -2.32. The van der Waals surface area contributed by atoms with Gasteiger partial charge < -0.3 is 14.1 Å². The molecular formula is C21H20ClNO3. The van der Waals surface area contributed by atoms with Crippen molar-refractivity contribution in [1.82, 2.24) is 0 Å². The summed E-state index contributed by atoms with van der Waals surface area (Å²) in [5.74, 6) is 0.608. The molecule has 0 amide bonds. The Kier molecular flexibility index (Phi) is 4.16. The smallest absolute Gasteiger partial charge is 0.336 e. The van der Waals surface area contributed by atoms with Crippen molar-refractivity contribution < 1.29 is 9.15 Å². The van der Waals surface area contributed by atoms with E-state index >= 15 is 0 Å². The molecule has 0 saturated carbocycles. The molecule has 0 atom stereocenters. The molecule has 4 rings (SSSR count). The molecule has 0 fully saturated rings. The lowest BCUT2D eigenvalue weighted by Crippen LogP contribution is -2.32. The number of hydrogen-bond donors (Lipinski definition) is 0. The lowest BCUT2D eigenvalue weighted by molar-refractivity contribution is 0.289. The number of ether oxygens (including phenoxy) is 1. The Morgan fingerprint density at radius 3 is 2.73 bits per heavy atom. The van der Waals surface area contributed by atoms with Crippen molar-refractivity contribution >= 4 is 28.3 Å². The first-order valence-electron chi connectivity index (χ1n) is 8.71. The molecule has 2 aromatic carbocycles. The zero-order chi connectivity index (χ0) is 18.4. The fourth-order valence-electron chi connectivity index (χ4n) is 3.66. The topological polar surface area (TPSA) is 42.7 Å². The molecule has 0 saturated heterocycles. The summed E-state index contributed by atoms with van der Waals surface area (Å²) in [4.78, 5) is 14.2. The number of rotatable bonds is 2. The maximum atomic E-state index is 12.0. The van der Waals surface area contributed by atoms with Crippen LogP contribution in [-0.2, 0) is 13.0 Å². The van der Waals surface area contributed by atoms with E-state index in [9.17, 15) is 4.79 Å². The van der Waals surface area contributed by atoms with Crippen LogP contribution in [-0.4, -0.2) is 6.73 Å². The molecule has 0 aliphatic carbocycles. The summed E-state index contributed by atoms with van der Waals surface area (Å²) in [6, 6.07) is 9.71. The maximum absolute atomic E-state index is 12.0. The Morgan fingerprint density at radius 2 is 2.00 bits per heavy atom. The summed E-state index contributed by atoms with van der Waals surface area (Å²) >= 11 is 6.47. The van der Waals surface area contributed by atoms with Crippen molar-refractivity contribution in [2.45, 2.75) is 33.7 Å². The second-order valence-corrected chi connectivity index (χ2v) is 7.16. The molecule has 134 valence electrons. The Labute approximate surface area is 156 Å². The standard InChI is InChI=1S/C21H20ClNO3/c1-4-14-8-19(24)26-20-15(14)9-17(22)21-16(20)10-23(11-25-21)18-6-5-12(2)7-13(18)3/h5-9H,4,10-11H2,1-3H3. The van der Waals surface area contributed by atoms with Gasteiger partial charge in [0.25, 0.3) is 0 Å². The van der Waals surface area contributed by atoms with E-state index in [1.165, 1.54) is 17.2 Å². The van der Waals surface area contributed by atoms with E-state index in [-0.39, 0.29) is 5.63 Å². The van der Waals surface area contributed by atoms with Crippen molar-refractivity contribution in [1.29, 1.82) is 0 Å². The van der Waals surface area contributed by atoms with E-state index in [1.807, 2.05) is 13.0 Å². The summed E-state index contributed by atoms with van der Waals surface area (Å²) in [5.41, 5.74) is 5.49. The number of halogens is 1. The van der Waals surface area contributed by atoms with Gasteiger partial charge in [0.05, 0.1) is 17.1 Å². The monoisotopic (exact) mass is 369 g/mol. The van der Waals surface area contributed by atoms with Crippen LogP contribution in [0.15, 0.2) is 39.5 Å². The van der Waals surface area contributed by atoms with Crippen molar-refractivity contribution in [3.63, 3.8) is 0 Å². The van der Waals surface area contributed by atoms with Gasteiger partial charge in [-0.1, -0.05) is 36.2 Å². The minimum absolute atomic E-state index is 0.345. The fourth-order valence-corrected chi connectivity index (χ4v) is 3.94. The molecule has 1 aliphatic heterocycles. The van der Waals surface area contributed by atoms with Crippen molar-refractivity contribution in [2.75, 3.05) is 11.6 Å². The van der Waals surface area contributed by atoms with E-state index in [2.05, 4.69) is 36.9 Å². The van der Waals surface area contributed by atoms with Gasteiger partial charge in [-0.05, 0) is 43.5 Å². The zero-order valence-corrected chi connectivity index (χ0v) is 15.8. The van der Waals surface area contributed by atoms with Gasteiger partial charge in [0, 0.05) is 17.1 Å². The van der Waals surface area contributed by atoms with E-state index in [1.54, 1.807) is 0 Å². The molecule has 1 aromatic heterocycles. The van der Waals surface area contributed by atoms with Gasteiger partial charge in [0.1, 0.15) is 11.3 Å². The minimum atomic E-state index is -0.345. The molecule has 26 heavy (non-hydrogen) atoms. The van der Waals surface area contributed by atoms with Crippen LogP contribution in [0.3, 0.4) is 0 Å². The Bertz CT molecular complexity index is 1070. The van der Waals surface area contributed by atoms with Gasteiger partial charge in [0.15, 0.2) is 6.73 Å². The zero-order valence-electron chi connectivity index (χ0n) is 15.1. The third kappa shape index (κ3) is 2.74. The van der Waals surface area contributed by atoms with E-state index < -0.39 is 0 Å². The number of aryl methyl sites for hydroxylation is 3. The van der Waals surface area contributed by atoms with Crippen molar-refractivity contribution in [3.8, 4) is 5.75 Å². The number of nitrogens with zero attached hydrogens (tertiary/aromatic N) is 1. The molecule has 3 aromatic rings. The first-order valence-corrected chi connectivity index (χ1v) is 9.09. The summed E-state index contributed by atoms with van der Waals surface area (Å²) in [6.45, 7) is 7.16. The Balaban J connectivity index is 1.89. The van der Waals surface area contributed by atoms with Gasteiger partial charge >= 0.3 is 5.63 Å². The number of benzene rings is 2. The second kappa shape index (κ2) is 6.36. The molecule has 1 aliphatic rings. The Hall–Kier alpha value is -2.46. The van der Waals surface area contributed by atoms with Crippen LogP contribution in [0.1, 0.15) is 29.2 Å². The predicted octanol–water partition coefficient (Wildman–Crippen LogP) is 4.98. The quantitative estimate of drug-likeness (QED) is 0.597. The summed E-state index contributed by atoms with van der Waals surface area (Å²) in [5, 5.41) is 1.43. The van der Waals surface area contributed by atoms with E-state index in [4.69, 9.17) is 20.8 Å². The normalized spacial score (nSPS) is 13.6. The molecular weight excluding hydrogens is 350 g/mol. The molecule has 0 N–H and O–H groups in total. The number of anilines is 1. The molecule has 0 spiro atoms. The molecule has 5 heteroatoms. The van der Waals surface area contributed by atoms with Gasteiger partial charge in [-0.25, -0.2) is 4.79 Å². The molecule has 0 radical (unpaired) electrons. The fraction of sp³-hybridized carbons (Fsp3) is 0.286. The summed E-state index contributed by atoms with van der Waals surface area (Å²) in [7, 11) is 0. The van der Waals surface area contributed by atoms with E-state index in [0.29, 0.717) is 29.6 Å². The first kappa shape index (κ1) is 17.0. The van der Waals surface area contributed by atoms with Crippen LogP contribution in [0.5, 0.6) is 5.75 Å². The summed E-state index contributed by atoms with van der Waals surface area (Å²) < 4.78 is 11.5. The van der Waals surface area contributed by atoms with Crippen LogP contribution >= 0.6 is 11.6 Å². The molecule has 2 heterocycles. The highest BCUT2D eigenvalue weighted by molar-refractivity contribution is 6.33. The van der Waals surface area contributed by atoms with E-state index in [0.717, 1.165) is 28.6 Å². The molecule has 0 unspecified atom stereocenters. The van der Waals surface area contributed by atoms with Gasteiger partial charge in [-0.2, -0.15) is 0 Å². The predicted molar refractivity (Wildman–Crippen MR) is 104 cm³/mol. The van der Waals surface area contributed by atoms with Gasteiger partial charge in [0.2, 0.25) is 0 Å². The minimum Gasteiger partial charge on any atom is -0.471 e. The number of hydrogen-bond acceptors (Lipinski definition) is 4. The average molecular weight is 370 g/mol. The SMILES string of the molecule is CCc1cc(=O)oc2c3c(c(Cl)cc12)OCN(c1ccc(C)cc1C)C3. The van der Waals surface area contributed by atoms with Crippen LogP contribution in [0.4, 0.5) is 5.69 Å². The maximum Gasteiger partial charge on any atom is 0.336 e. The highest BCUT2D eigenvalue weighted by Gasteiger charge is 2.26. The lowest BCUT2D eigenvalue weighted by atomic mass is 10.0. The third-order valence-corrected chi connectivity index (χ3v) is 5.19. The second-order valence-electron chi connectivity index (χ2n) is 6.75. The average Bonchev–Trinajstić information content (AvgIpc) is 2.61. The van der Waals surface area contributed by atoms with Gasteiger partial charge in [-0.15, -0.1) is 0 Å². The first-order chi connectivity index (χ1) is 12.5.